The van der Waals surface area contributed by atoms with Gasteiger partial charge in [0.15, 0.2) is 0 Å². The zero-order valence-electron chi connectivity index (χ0n) is 14.8. The topological polar surface area (TPSA) is 15.7 Å². The summed E-state index contributed by atoms with van der Waals surface area (Å²) in [5, 5.41) is 0. The molecule has 1 aromatic rings. The molecule has 0 radical (unpaired) electrons. The fourth-order valence-electron chi connectivity index (χ4n) is 3.86. The average Bonchev–Trinajstić information content (AvgIpc) is 2.57. The van der Waals surface area contributed by atoms with Crippen LogP contribution in [0.4, 0.5) is 0 Å². The molecule has 2 heterocycles. The van der Waals surface area contributed by atoms with E-state index in [1.807, 2.05) is 0 Å². The highest BCUT2D eigenvalue weighted by atomic mass is 16.5. The number of likely N-dealkylation sites (tertiary alicyclic amines) is 1. The Morgan fingerprint density at radius 2 is 1.78 bits per heavy atom. The molecule has 0 amide bonds. The molecule has 2 fully saturated rings. The molecule has 0 aromatic heterocycles. The molecule has 1 aromatic carbocycles. The summed E-state index contributed by atoms with van der Waals surface area (Å²) in [7, 11) is 0. The lowest BCUT2D eigenvalue weighted by Gasteiger charge is -2.36. The smallest absolute Gasteiger partial charge is 0.0594 e. The molecule has 2 aliphatic rings. The molecule has 1 unspecified atom stereocenters. The Balaban J connectivity index is 1.49. The monoisotopic (exact) mass is 316 g/mol. The Hall–Kier alpha value is -0.900. The first-order valence-corrected chi connectivity index (χ1v) is 9.32. The van der Waals surface area contributed by atoms with E-state index in [9.17, 15) is 0 Å². The van der Waals surface area contributed by atoms with Gasteiger partial charge < -0.3 is 4.74 Å². The number of piperidine rings is 1. The molecule has 0 aliphatic carbocycles. The summed E-state index contributed by atoms with van der Waals surface area (Å²) >= 11 is 0. The third-order valence-electron chi connectivity index (χ3n) is 5.28. The summed E-state index contributed by atoms with van der Waals surface area (Å²) in [6, 6.07) is 9.24. The molecule has 3 heteroatoms. The van der Waals surface area contributed by atoms with Crippen LogP contribution in [0.3, 0.4) is 0 Å². The molecule has 0 saturated carbocycles. The standard InChI is InChI=1S/C20H32N2O/c1-17(2)20-7-5-18(6-8-20)14-22-9-3-4-19(16-22)15-21-10-12-23-13-11-21/h5-8,17,19H,3-4,9-16H2,1-2H3. The van der Waals surface area contributed by atoms with Crippen molar-refractivity contribution in [3.63, 3.8) is 0 Å². The molecule has 128 valence electrons. The number of nitrogens with zero attached hydrogens (tertiary/aromatic N) is 2. The van der Waals surface area contributed by atoms with E-state index in [1.54, 1.807) is 0 Å². The number of morpholine rings is 1. The summed E-state index contributed by atoms with van der Waals surface area (Å²) in [6.07, 6.45) is 2.74. The number of hydrogen-bond acceptors (Lipinski definition) is 3. The zero-order valence-corrected chi connectivity index (χ0v) is 14.8. The van der Waals surface area contributed by atoms with Crippen molar-refractivity contribution >= 4 is 0 Å². The van der Waals surface area contributed by atoms with Crippen LogP contribution < -0.4 is 0 Å². The van der Waals surface area contributed by atoms with Gasteiger partial charge in [0, 0.05) is 32.7 Å². The number of ether oxygens (including phenoxy) is 1. The van der Waals surface area contributed by atoms with Gasteiger partial charge in [-0.05, 0) is 42.3 Å². The van der Waals surface area contributed by atoms with Crippen molar-refractivity contribution in [1.82, 2.24) is 9.80 Å². The van der Waals surface area contributed by atoms with E-state index in [0.717, 1.165) is 38.8 Å². The summed E-state index contributed by atoms with van der Waals surface area (Å²) in [6.45, 7) is 13.5. The van der Waals surface area contributed by atoms with Gasteiger partial charge in [-0.1, -0.05) is 38.1 Å². The summed E-state index contributed by atoms with van der Waals surface area (Å²) < 4.78 is 5.46. The third-order valence-corrected chi connectivity index (χ3v) is 5.28. The predicted octanol–water partition coefficient (Wildman–Crippen LogP) is 3.35. The minimum atomic E-state index is 0.622. The van der Waals surface area contributed by atoms with Crippen LogP contribution >= 0.6 is 0 Å². The molecule has 3 nitrogen and oxygen atoms in total. The van der Waals surface area contributed by atoms with Crippen LogP contribution in [0.1, 0.15) is 43.7 Å². The number of rotatable bonds is 5. The molecule has 3 rings (SSSR count). The van der Waals surface area contributed by atoms with Gasteiger partial charge in [0.25, 0.3) is 0 Å². The van der Waals surface area contributed by atoms with Crippen molar-refractivity contribution in [3.8, 4) is 0 Å². The molecular formula is C20H32N2O. The molecule has 23 heavy (non-hydrogen) atoms. The van der Waals surface area contributed by atoms with Gasteiger partial charge in [0.2, 0.25) is 0 Å². The van der Waals surface area contributed by atoms with Crippen molar-refractivity contribution in [3.05, 3.63) is 35.4 Å². The first-order chi connectivity index (χ1) is 11.2. The van der Waals surface area contributed by atoms with Crippen molar-refractivity contribution in [2.45, 2.75) is 39.2 Å². The SMILES string of the molecule is CC(C)c1ccc(CN2CCCC(CN3CCOCC3)C2)cc1. The third kappa shape index (κ3) is 5.03. The Morgan fingerprint density at radius 1 is 1.04 bits per heavy atom. The average molecular weight is 316 g/mol. The summed E-state index contributed by atoms with van der Waals surface area (Å²) in [5.41, 5.74) is 2.90. The second kappa shape index (κ2) is 8.27. The van der Waals surface area contributed by atoms with Gasteiger partial charge >= 0.3 is 0 Å². The predicted molar refractivity (Wildman–Crippen MR) is 95.8 cm³/mol. The molecule has 0 spiro atoms. The van der Waals surface area contributed by atoms with Crippen molar-refractivity contribution in [1.29, 1.82) is 0 Å². The second-order valence-corrected chi connectivity index (χ2v) is 7.55. The van der Waals surface area contributed by atoms with Gasteiger partial charge in [-0.25, -0.2) is 0 Å². The minimum Gasteiger partial charge on any atom is -0.379 e. The fourth-order valence-corrected chi connectivity index (χ4v) is 3.86. The quantitative estimate of drug-likeness (QED) is 0.828. The van der Waals surface area contributed by atoms with Crippen LogP contribution in [0.2, 0.25) is 0 Å². The van der Waals surface area contributed by atoms with Crippen molar-refractivity contribution in [2.24, 2.45) is 5.92 Å². The molecule has 2 saturated heterocycles. The lowest BCUT2D eigenvalue weighted by molar-refractivity contribution is 0.0224. The number of benzene rings is 1. The Labute approximate surface area is 141 Å². The second-order valence-electron chi connectivity index (χ2n) is 7.55. The van der Waals surface area contributed by atoms with Gasteiger partial charge in [-0.3, -0.25) is 9.80 Å². The van der Waals surface area contributed by atoms with E-state index in [0.29, 0.717) is 5.92 Å². The van der Waals surface area contributed by atoms with Crippen LogP contribution in [-0.4, -0.2) is 55.7 Å². The van der Waals surface area contributed by atoms with E-state index >= 15 is 0 Å². The van der Waals surface area contributed by atoms with E-state index in [4.69, 9.17) is 4.74 Å². The van der Waals surface area contributed by atoms with Crippen LogP contribution in [0.25, 0.3) is 0 Å². The Bertz CT molecular complexity index is 465. The van der Waals surface area contributed by atoms with Crippen LogP contribution in [-0.2, 0) is 11.3 Å². The van der Waals surface area contributed by atoms with Gasteiger partial charge in [0.1, 0.15) is 0 Å². The fraction of sp³-hybridized carbons (Fsp3) is 0.700. The van der Waals surface area contributed by atoms with E-state index in [-0.39, 0.29) is 0 Å². The largest absolute Gasteiger partial charge is 0.379 e. The molecule has 0 bridgehead atoms. The molecule has 1 atom stereocenters. The highest BCUT2D eigenvalue weighted by molar-refractivity contribution is 5.24. The summed E-state index contributed by atoms with van der Waals surface area (Å²) in [5.74, 6) is 1.45. The Morgan fingerprint density at radius 3 is 2.48 bits per heavy atom. The van der Waals surface area contributed by atoms with Gasteiger partial charge in [-0.2, -0.15) is 0 Å². The van der Waals surface area contributed by atoms with Crippen molar-refractivity contribution < 1.29 is 4.74 Å². The molecular weight excluding hydrogens is 284 g/mol. The van der Waals surface area contributed by atoms with E-state index < -0.39 is 0 Å². The first kappa shape index (κ1) is 16.9. The Kier molecular flexibility index (Phi) is 6.09. The lowest BCUT2D eigenvalue weighted by atomic mass is 9.96. The van der Waals surface area contributed by atoms with Gasteiger partial charge in [0.05, 0.1) is 13.2 Å². The van der Waals surface area contributed by atoms with E-state index in [1.165, 1.54) is 43.6 Å². The first-order valence-electron chi connectivity index (χ1n) is 9.32. The highest BCUT2D eigenvalue weighted by Gasteiger charge is 2.23. The highest BCUT2D eigenvalue weighted by Crippen LogP contribution is 2.21. The van der Waals surface area contributed by atoms with Crippen molar-refractivity contribution in [2.75, 3.05) is 45.9 Å². The molecule has 0 N–H and O–H groups in total. The molecule has 2 aliphatic heterocycles. The summed E-state index contributed by atoms with van der Waals surface area (Å²) in [4.78, 5) is 5.24. The maximum Gasteiger partial charge on any atom is 0.0594 e. The maximum absolute atomic E-state index is 5.46. The zero-order chi connectivity index (χ0) is 16.1. The van der Waals surface area contributed by atoms with Crippen LogP contribution in [0.15, 0.2) is 24.3 Å². The minimum absolute atomic E-state index is 0.622. The van der Waals surface area contributed by atoms with Crippen LogP contribution in [0.5, 0.6) is 0 Å². The van der Waals surface area contributed by atoms with E-state index in [2.05, 4.69) is 47.9 Å². The van der Waals surface area contributed by atoms with Crippen LogP contribution in [0, 0.1) is 5.92 Å². The normalized spacial score (nSPS) is 24.2. The maximum atomic E-state index is 5.46. The lowest BCUT2D eigenvalue weighted by Crippen LogP contribution is -2.44. The van der Waals surface area contributed by atoms with Gasteiger partial charge in [-0.15, -0.1) is 0 Å². The number of hydrogen-bond donors (Lipinski definition) is 0.